The summed E-state index contributed by atoms with van der Waals surface area (Å²) in [6.07, 6.45) is 6.74. The summed E-state index contributed by atoms with van der Waals surface area (Å²) < 4.78 is 0. The highest BCUT2D eigenvalue weighted by atomic mass is 127. The topological polar surface area (TPSA) is 82.8 Å². The minimum Gasteiger partial charge on any atom is -0.369 e. The van der Waals surface area contributed by atoms with Gasteiger partial charge in [-0.15, -0.1) is 24.0 Å². The number of carbonyl (C=O) groups is 1. The van der Waals surface area contributed by atoms with Crippen molar-refractivity contribution >= 4 is 35.8 Å². The lowest BCUT2D eigenvalue weighted by molar-refractivity contribution is -0.123. The number of hydrogen-bond acceptors (Lipinski definition) is 3. The molecule has 4 N–H and O–H groups in total. The molecule has 0 aromatic rings. The van der Waals surface area contributed by atoms with E-state index in [1.165, 1.54) is 19.3 Å². The summed E-state index contributed by atoms with van der Waals surface area (Å²) in [6.45, 7) is 10.5. The van der Waals surface area contributed by atoms with E-state index in [1.807, 2.05) is 7.05 Å². The Bertz CT molecular complexity index is 417. The second-order valence-corrected chi connectivity index (χ2v) is 7.76. The fourth-order valence-corrected chi connectivity index (χ4v) is 3.33. The van der Waals surface area contributed by atoms with E-state index in [2.05, 4.69) is 41.3 Å². The molecule has 1 saturated heterocycles. The van der Waals surface area contributed by atoms with Gasteiger partial charge in [-0.2, -0.15) is 0 Å². The molecule has 0 aromatic carbocycles. The van der Waals surface area contributed by atoms with Crippen LogP contribution in [-0.2, 0) is 4.79 Å². The monoisotopic (exact) mass is 481 g/mol. The Morgan fingerprint density at radius 1 is 1.27 bits per heavy atom. The Kier molecular flexibility index (Phi) is 14.2. The Morgan fingerprint density at radius 3 is 2.62 bits per heavy atom. The zero-order valence-corrected chi connectivity index (χ0v) is 19.4. The first-order valence-electron chi connectivity index (χ1n) is 9.91. The van der Waals surface area contributed by atoms with Crippen LogP contribution in [0, 0.1) is 11.8 Å². The van der Waals surface area contributed by atoms with Gasteiger partial charge in [0.05, 0.1) is 5.92 Å². The highest BCUT2D eigenvalue weighted by Crippen LogP contribution is 2.15. The van der Waals surface area contributed by atoms with Gasteiger partial charge < -0.3 is 21.3 Å². The Morgan fingerprint density at radius 2 is 2.00 bits per heavy atom. The summed E-state index contributed by atoms with van der Waals surface area (Å²) in [5, 5.41) is 6.86. The van der Waals surface area contributed by atoms with Crippen LogP contribution in [0.25, 0.3) is 0 Å². The summed E-state index contributed by atoms with van der Waals surface area (Å²) in [7, 11) is 1.82. The summed E-state index contributed by atoms with van der Waals surface area (Å²) >= 11 is 0. The summed E-state index contributed by atoms with van der Waals surface area (Å²) in [5.41, 5.74) is 5.44. The number of aliphatic imine (C=N–C) groups is 1. The zero-order chi connectivity index (χ0) is 18.7. The standard InChI is InChI=1S/C19H39N5O.HI/c1-15(2)8-5-9-16(3)23-19(21-4)22-11-7-13-24-12-6-10-17(14-24)18(20)25;/h15-17H,5-14H2,1-4H3,(H2,20,25)(H2,21,22,23);1H. The van der Waals surface area contributed by atoms with E-state index in [-0.39, 0.29) is 35.8 Å². The number of nitrogens with zero attached hydrogens (tertiary/aromatic N) is 2. The Hall–Kier alpha value is -0.570. The summed E-state index contributed by atoms with van der Waals surface area (Å²) in [5.74, 6) is 1.53. The molecule has 0 saturated carbocycles. The molecule has 2 atom stereocenters. The molecular formula is C19H40IN5O. The van der Waals surface area contributed by atoms with Crippen LogP contribution in [0.4, 0.5) is 0 Å². The maximum Gasteiger partial charge on any atom is 0.221 e. The van der Waals surface area contributed by atoms with Crippen LogP contribution in [0.2, 0.25) is 0 Å². The molecule has 1 aliphatic rings. The van der Waals surface area contributed by atoms with Crippen LogP contribution in [0.15, 0.2) is 4.99 Å². The number of nitrogens with two attached hydrogens (primary N) is 1. The molecule has 0 bridgehead atoms. The molecule has 1 amide bonds. The third-order valence-electron chi connectivity index (χ3n) is 4.88. The maximum absolute atomic E-state index is 11.3. The van der Waals surface area contributed by atoms with Gasteiger partial charge in [0.15, 0.2) is 5.96 Å². The molecule has 1 aliphatic heterocycles. The number of guanidine groups is 1. The van der Waals surface area contributed by atoms with Crippen LogP contribution in [0.3, 0.4) is 0 Å². The van der Waals surface area contributed by atoms with Gasteiger partial charge in [0, 0.05) is 26.2 Å². The van der Waals surface area contributed by atoms with Gasteiger partial charge in [0.1, 0.15) is 0 Å². The van der Waals surface area contributed by atoms with E-state index >= 15 is 0 Å². The van der Waals surface area contributed by atoms with Gasteiger partial charge in [0.25, 0.3) is 0 Å². The predicted octanol–water partition coefficient (Wildman–Crippen LogP) is 2.57. The van der Waals surface area contributed by atoms with Crippen molar-refractivity contribution in [3.8, 4) is 0 Å². The molecule has 1 heterocycles. The molecule has 1 rings (SSSR count). The number of halogens is 1. The molecule has 154 valence electrons. The zero-order valence-electron chi connectivity index (χ0n) is 17.1. The molecule has 2 unspecified atom stereocenters. The molecule has 6 nitrogen and oxygen atoms in total. The quantitative estimate of drug-likeness (QED) is 0.194. The van der Waals surface area contributed by atoms with Crippen molar-refractivity contribution in [1.29, 1.82) is 0 Å². The van der Waals surface area contributed by atoms with Gasteiger partial charge in [-0.05, 0) is 51.6 Å². The van der Waals surface area contributed by atoms with Crippen LogP contribution < -0.4 is 16.4 Å². The van der Waals surface area contributed by atoms with E-state index in [9.17, 15) is 4.79 Å². The number of piperidine rings is 1. The van der Waals surface area contributed by atoms with Gasteiger partial charge in [-0.3, -0.25) is 9.79 Å². The smallest absolute Gasteiger partial charge is 0.221 e. The van der Waals surface area contributed by atoms with Gasteiger partial charge >= 0.3 is 0 Å². The molecule has 7 heteroatoms. The van der Waals surface area contributed by atoms with Crippen LogP contribution in [0.5, 0.6) is 0 Å². The predicted molar refractivity (Wildman–Crippen MR) is 121 cm³/mol. The number of carbonyl (C=O) groups excluding carboxylic acids is 1. The van der Waals surface area contributed by atoms with Crippen molar-refractivity contribution in [2.45, 2.75) is 65.3 Å². The van der Waals surface area contributed by atoms with Crippen molar-refractivity contribution in [2.24, 2.45) is 22.6 Å². The van der Waals surface area contributed by atoms with Gasteiger partial charge in [-0.25, -0.2) is 0 Å². The fraction of sp³-hybridized carbons (Fsp3) is 0.895. The number of hydrogen-bond donors (Lipinski definition) is 3. The lowest BCUT2D eigenvalue weighted by Gasteiger charge is -2.31. The highest BCUT2D eigenvalue weighted by Gasteiger charge is 2.23. The average molecular weight is 481 g/mol. The van der Waals surface area contributed by atoms with E-state index in [4.69, 9.17) is 5.73 Å². The minimum atomic E-state index is -0.154. The lowest BCUT2D eigenvalue weighted by atomic mass is 9.97. The normalized spacial score (nSPS) is 19.7. The second kappa shape index (κ2) is 14.5. The largest absolute Gasteiger partial charge is 0.369 e. The first kappa shape index (κ1) is 25.4. The number of amides is 1. The summed E-state index contributed by atoms with van der Waals surface area (Å²) in [4.78, 5) is 18.0. The highest BCUT2D eigenvalue weighted by molar-refractivity contribution is 14.0. The third-order valence-corrected chi connectivity index (χ3v) is 4.88. The van der Waals surface area contributed by atoms with Gasteiger partial charge in [-0.1, -0.05) is 26.7 Å². The van der Waals surface area contributed by atoms with Crippen molar-refractivity contribution in [3.05, 3.63) is 0 Å². The SMILES string of the molecule is CN=C(NCCCN1CCCC(C(N)=O)C1)NC(C)CCCC(C)C.I. The second-order valence-electron chi connectivity index (χ2n) is 7.76. The molecule has 0 radical (unpaired) electrons. The van der Waals surface area contributed by atoms with Gasteiger partial charge in [0.2, 0.25) is 5.91 Å². The maximum atomic E-state index is 11.3. The molecule has 0 aromatic heterocycles. The number of nitrogens with one attached hydrogen (secondary N) is 2. The lowest BCUT2D eigenvalue weighted by Crippen LogP contribution is -2.44. The summed E-state index contributed by atoms with van der Waals surface area (Å²) in [6, 6.07) is 0.434. The molecule has 1 fully saturated rings. The molecule has 0 spiro atoms. The van der Waals surface area contributed by atoms with Crippen LogP contribution in [0.1, 0.15) is 59.3 Å². The number of rotatable bonds is 10. The van der Waals surface area contributed by atoms with Crippen molar-refractivity contribution in [1.82, 2.24) is 15.5 Å². The Balaban J connectivity index is 0.00000625. The first-order chi connectivity index (χ1) is 11.9. The van der Waals surface area contributed by atoms with E-state index < -0.39 is 0 Å². The van der Waals surface area contributed by atoms with Crippen LogP contribution in [-0.4, -0.2) is 56.0 Å². The third kappa shape index (κ3) is 11.2. The molecule has 0 aliphatic carbocycles. The molecule has 26 heavy (non-hydrogen) atoms. The van der Waals surface area contributed by atoms with Crippen molar-refractivity contribution < 1.29 is 4.79 Å². The number of likely N-dealkylation sites (tertiary alicyclic amines) is 1. The number of primary amides is 1. The van der Waals surface area contributed by atoms with Crippen molar-refractivity contribution in [3.63, 3.8) is 0 Å². The first-order valence-corrected chi connectivity index (χ1v) is 9.91. The average Bonchev–Trinajstić information content (AvgIpc) is 2.57. The fourth-order valence-electron chi connectivity index (χ4n) is 3.33. The van der Waals surface area contributed by atoms with Crippen molar-refractivity contribution in [2.75, 3.05) is 33.2 Å². The van der Waals surface area contributed by atoms with E-state index in [0.29, 0.717) is 6.04 Å². The minimum absolute atomic E-state index is 0. The van der Waals surface area contributed by atoms with E-state index in [0.717, 1.165) is 57.3 Å². The van der Waals surface area contributed by atoms with E-state index in [1.54, 1.807) is 0 Å². The Labute approximate surface area is 177 Å². The molecular weight excluding hydrogens is 441 g/mol. The van der Waals surface area contributed by atoms with Crippen LogP contribution >= 0.6 is 24.0 Å².